The Balaban J connectivity index is 1.75. The number of aryl methyl sites for hydroxylation is 1. The smallest absolute Gasteiger partial charge is 0.241 e. The maximum absolute atomic E-state index is 12.9. The molecule has 0 bridgehead atoms. The summed E-state index contributed by atoms with van der Waals surface area (Å²) in [5.74, 6) is -0.613. The van der Waals surface area contributed by atoms with E-state index in [-0.39, 0.29) is 23.3 Å². The summed E-state index contributed by atoms with van der Waals surface area (Å²) < 4.78 is 29.1. The van der Waals surface area contributed by atoms with Crippen molar-refractivity contribution in [3.8, 4) is 0 Å². The minimum absolute atomic E-state index is 0.116. The fourth-order valence-corrected chi connectivity index (χ4v) is 5.25. The van der Waals surface area contributed by atoms with E-state index in [1.807, 2.05) is 19.1 Å². The lowest BCUT2D eigenvalue weighted by atomic mass is 10.0. The van der Waals surface area contributed by atoms with Crippen LogP contribution in [0.5, 0.6) is 0 Å². The predicted octanol–water partition coefficient (Wildman–Crippen LogP) is 3.88. The van der Waals surface area contributed by atoms with Gasteiger partial charge in [0.05, 0.1) is 20.1 Å². The number of nitrogens with one attached hydrogen (secondary N) is 2. The van der Waals surface area contributed by atoms with Gasteiger partial charge < -0.3 is 5.32 Å². The molecule has 2 N–H and O–H groups in total. The van der Waals surface area contributed by atoms with Gasteiger partial charge in [0, 0.05) is 11.6 Å². The molecule has 1 heterocycles. The first kappa shape index (κ1) is 21.7. The van der Waals surface area contributed by atoms with Crippen molar-refractivity contribution in [2.24, 2.45) is 5.92 Å². The zero-order valence-electron chi connectivity index (χ0n) is 16.3. The summed E-state index contributed by atoms with van der Waals surface area (Å²) in [6, 6.07) is 11.0. The highest BCUT2D eigenvalue weighted by molar-refractivity contribution is 7.89. The predicted molar refractivity (Wildman–Crippen MR) is 117 cm³/mol. The summed E-state index contributed by atoms with van der Waals surface area (Å²) >= 11 is 7.30. The number of amides is 1. The van der Waals surface area contributed by atoms with Gasteiger partial charge in [-0.25, -0.2) is 13.4 Å². The Morgan fingerprint density at radius 1 is 1.17 bits per heavy atom. The van der Waals surface area contributed by atoms with Crippen LogP contribution >= 0.6 is 22.9 Å². The first-order valence-corrected chi connectivity index (χ1v) is 11.7. The highest BCUT2D eigenvalue weighted by Crippen LogP contribution is 2.25. The fourth-order valence-electron chi connectivity index (χ4n) is 2.82. The molecule has 3 rings (SSSR count). The third-order valence-electron chi connectivity index (χ3n) is 4.39. The molecule has 1 amide bonds. The zero-order chi connectivity index (χ0) is 21.2. The average Bonchev–Trinajstić information content (AvgIpc) is 3.04. The SMILES string of the molecule is Cc1nc2ccc(S(=O)(=O)N[C@H](C(=O)NCc3ccc(Cl)cc3)C(C)C)cc2s1. The third kappa shape index (κ3) is 5.33. The summed E-state index contributed by atoms with van der Waals surface area (Å²) in [5.41, 5.74) is 1.63. The Labute approximate surface area is 179 Å². The fraction of sp³-hybridized carbons (Fsp3) is 0.300. The van der Waals surface area contributed by atoms with Crippen molar-refractivity contribution in [2.45, 2.75) is 38.3 Å². The molecule has 1 aromatic heterocycles. The van der Waals surface area contributed by atoms with Crippen molar-refractivity contribution >= 4 is 49.1 Å². The molecule has 6 nitrogen and oxygen atoms in total. The van der Waals surface area contributed by atoms with Gasteiger partial charge in [0.1, 0.15) is 6.04 Å². The molecule has 1 atom stereocenters. The molecule has 0 spiro atoms. The Morgan fingerprint density at radius 2 is 1.86 bits per heavy atom. The first-order chi connectivity index (χ1) is 13.7. The lowest BCUT2D eigenvalue weighted by molar-refractivity contribution is -0.123. The lowest BCUT2D eigenvalue weighted by Crippen LogP contribution is -2.49. The molecule has 29 heavy (non-hydrogen) atoms. The van der Waals surface area contributed by atoms with Gasteiger partial charge in [0.25, 0.3) is 0 Å². The van der Waals surface area contributed by atoms with Crippen molar-refractivity contribution in [2.75, 3.05) is 0 Å². The summed E-state index contributed by atoms with van der Waals surface area (Å²) in [4.78, 5) is 17.1. The molecule has 3 aromatic rings. The maximum Gasteiger partial charge on any atom is 0.241 e. The van der Waals surface area contributed by atoms with Crippen LogP contribution in [0, 0.1) is 12.8 Å². The first-order valence-electron chi connectivity index (χ1n) is 9.07. The number of nitrogens with zero attached hydrogens (tertiary/aromatic N) is 1. The minimum Gasteiger partial charge on any atom is -0.351 e. The summed E-state index contributed by atoms with van der Waals surface area (Å²) in [6.07, 6.45) is 0. The normalized spacial score (nSPS) is 13.0. The molecule has 0 radical (unpaired) electrons. The maximum atomic E-state index is 12.9. The number of benzene rings is 2. The van der Waals surface area contributed by atoms with Gasteiger partial charge in [0.2, 0.25) is 15.9 Å². The van der Waals surface area contributed by atoms with Crippen LogP contribution in [0.4, 0.5) is 0 Å². The van der Waals surface area contributed by atoms with E-state index < -0.39 is 16.1 Å². The van der Waals surface area contributed by atoms with Crippen molar-refractivity contribution in [3.05, 3.63) is 58.1 Å². The number of carbonyl (C=O) groups excluding carboxylic acids is 1. The number of rotatable bonds is 7. The zero-order valence-corrected chi connectivity index (χ0v) is 18.7. The molecule has 0 saturated heterocycles. The van der Waals surface area contributed by atoms with Gasteiger partial charge in [-0.15, -0.1) is 11.3 Å². The molecule has 0 aliphatic carbocycles. The van der Waals surface area contributed by atoms with Crippen LogP contribution in [0.3, 0.4) is 0 Å². The quantitative estimate of drug-likeness (QED) is 0.570. The van der Waals surface area contributed by atoms with Crippen molar-refractivity contribution in [3.63, 3.8) is 0 Å². The Kier molecular flexibility index (Phi) is 6.58. The molecule has 0 fully saturated rings. The van der Waals surface area contributed by atoms with Crippen LogP contribution < -0.4 is 10.0 Å². The minimum atomic E-state index is -3.87. The van der Waals surface area contributed by atoms with E-state index in [9.17, 15) is 13.2 Å². The van der Waals surface area contributed by atoms with Crippen molar-refractivity contribution < 1.29 is 13.2 Å². The molecule has 2 aromatic carbocycles. The lowest BCUT2D eigenvalue weighted by Gasteiger charge is -2.21. The monoisotopic (exact) mass is 451 g/mol. The summed E-state index contributed by atoms with van der Waals surface area (Å²) in [7, 11) is -3.87. The second-order valence-corrected chi connectivity index (χ2v) is 10.4. The molecule has 0 aliphatic heterocycles. The topological polar surface area (TPSA) is 88.2 Å². The molecule has 0 unspecified atom stereocenters. The van der Waals surface area contributed by atoms with E-state index in [1.165, 1.54) is 17.4 Å². The van der Waals surface area contributed by atoms with E-state index in [1.54, 1.807) is 38.1 Å². The van der Waals surface area contributed by atoms with Gasteiger partial charge in [0.15, 0.2) is 0 Å². The molecule has 0 aliphatic rings. The number of aromatic nitrogens is 1. The third-order valence-corrected chi connectivity index (χ3v) is 7.01. The van der Waals surface area contributed by atoms with E-state index in [2.05, 4.69) is 15.0 Å². The van der Waals surface area contributed by atoms with Gasteiger partial charge >= 0.3 is 0 Å². The van der Waals surface area contributed by atoms with Crippen molar-refractivity contribution in [1.29, 1.82) is 0 Å². The van der Waals surface area contributed by atoms with Crippen LogP contribution in [0.1, 0.15) is 24.4 Å². The number of hydrogen-bond donors (Lipinski definition) is 2. The van der Waals surface area contributed by atoms with E-state index in [0.717, 1.165) is 20.8 Å². The van der Waals surface area contributed by atoms with E-state index >= 15 is 0 Å². The van der Waals surface area contributed by atoms with Gasteiger partial charge in [-0.2, -0.15) is 4.72 Å². The number of carbonyl (C=O) groups is 1. The summed E-state index contributed by atoms with van der Waals surface area (Å²) in [5, 5.41) is 4.27. The van der Waals surface area contributed by atoms with E-state index in [0.29, 0.717) is 5.02 Å². The van der Waals surface area contributed by atoms with Crippen LogP contribution in [0.2, 0.25) is 5.02 Å². The highest BCUT2D eigenvalue weighted by Gasteiger charge is 2.28. The van der Waals surface area contributed by atoms with Gasteiger partial charge in [-0.05, 0) is 48.7 Å². The Bertz CT molecular complexity index is 1130. The molecule has 9 heteroatoms. The van der Waals surface area contributed by atoms with Crippen LogP contribution in [0.15, 0.2) is 47.4 Å². The second kappa shape index (κ2) is 8.79. The second-order valence-electron chi connectivity index (χ2n) is 7.05. The molecule has 0 saturated carbocycles. The standard InChI is InChI=1S/C20H22ClN3O3S2/c1-12(2)19(20(25)22-11-14-4-6-15(21)7-5-14)24-29(26,27)16-8-9-17-18(10-16)28-13(3)23-17/h4-10,12,19,24H,11H2,1-3H3,(H,22,25)/t19-/m0/s1. The highest BCUT2D eigenvalue weighted by atomic mass is 35.5. The van der Waals surface area contributed by atoms with Gasteiger partial charge in [-0.3, -0.25) is 4.79 Å². The van der Waals surface area contributed by atoms with Crippen molar-refractivity contribution in [1.82, 2.24) is 15.0 Å². The Morgan fingerprint density at radius 3 is 2.52 bits per heavy atom. The number of hydrogen-bond acceptors (Lipinski definition) is 5. The molecular formula is C20H22ClN3O3S2. The Hall–Kier alpha value is -2.00. The van der Waals surface area contributed by atoms with Crippen LogP contribution in [-0.4, -0.2) is 25.4 Å². The number of thiazole rings is 1. The largest absolute Gasteiger partial charge is 0.351 e. The van der Waals surface area contributed by atoms with E-state index in [4.69, 9.17) is 11.6 Å². The molecular weight excluding hydrogens is 430 g/mol. The number of halogens is 1. The number of fused-ring (bicyclic) bond motifs is 1. The van der Waals surface area contributed by atoms with Gasteiger partial charge in [-0.1, -0.05) is 37.6 Å². The molecule has 154 valence electrons. The average molecular weight is 452 g/mol. The summed E-state index contributed by atoms with van der Waals surface area (Å²) in [6.45, 7) is 5.75. The number of sulfonamides is 1. The van der Waals surface area contributed by atoms with Crippen LogP contribution in [0.25, 0.3) is 10.2 Å². The van der Waals surface area contributed by atoms with Crippen LogP contribution in [-0.2, 0) is 21.4 Å².